The normalized spacial score (nSPS) is 18.3. The van der Waals surface area contributed by atoms with Crippen LogP contribution >= 0.6 is 11.6 Å². The number of fused-ring (bicyclic) bond motifs is 3. The lowest BCUT2D eigenvalue weighted by atomic mass is 9.85. The van der Waals surface area contributed by atoms with E-state index in [4.69, 9.17) is 23.9 Å². The maximum Gasteiger partial charge on any atom is 0.161 e. The Kier molecular flexibility index (Phi) is 2.24. The molecule has 3 aromatic carbocycles. The predicted molar refractivity (Wildman–Crippen MR) is 115 cm³/mol. The molecule has 1 aliphatic carbocycles. The van der Waals surface area contributed by atoms with Gasteiger partial charge in [0.1, 0.15) is 5.15 Å². The zero-order chi connectivity index (χ0) is 27.1. The molecule has 0 saturated carbocycles. The lowest BCUT2D eigenvalue weighted by Gasteiger charge is -2.20. The third kappa shape index (κ3) is 2.56. The van der Waals surface area contributed by atoms with Crippen LogP contribution in [0.5, 0.6) is 0 Å². The first-order valence-corrected chi connectivity index (χ1v) is 9.04. The molecule has 0 N–H and O–H groups in total. The van der Waals surface area contributed by atoms with Crippen LogP contribution < -0.4 is 0 Å². The summed E-state index contributed by atoms with van der Waals surface area (Å²) < 4.78 is 74.8. The highest BCUT2D eigenvalue weighted by molar-refractivity contribution is 6.32. The van der Waals surface area contributed by atoms with Crippen molar-refractivity contribution in [1.29, 1.82) is 0 Å². The molecule has 0 fully saturated rings. The van der Waals surface area contributed by atoms with Crippen LogP contribution in [0.15, 0.2) is 78.6 Å². The lowest BCUT2D eigenvalue weighted by Crippen LogP contribution is -2.17. The van der Waals surface area contributed by atoms with Crippen molar-refractivity contribution in [2.24, 2.45) is 0 Å². The van der Waals surface area contributed by atoms with Crippen molar-refractivity contribution in [3.63, 3.8) is 0 Å². The molecule has 5 rings (SSSR count). The van der Waals surface area contributed by atoms with E-state index >= 15 is 0 Å². The van der Waals surface area contributed by atoms with E-state index in [1.54, 1.807) is 0 Å². The van der Waals surface area contributed by atoms with Gasteiger partial charge in [-0.1, -0.05) is 104 Å². The van der Waals surface area contributed by atoms with E-state index in [1.807, 2.05) is 38.1 Å². The Morgan fingerprint density at radius 3 is 2.21 bits per heavy atom. The average Bonchev–Trinajstić information content (AvgIpc) is 3.10. The molecule has 0 spiro atoms. The molecule has 0 radical (unpaired) electrons. The molecule has 0 aliphatic heterocycles. The maximum atomic E-state index is 8.68. The first kappa shape index (κ1) is 9.99. The van der Waals surface area contributed by atoms with Crippen LogP contribution in [0.2, 0.25) is 5.15 Å². The molecule has 28 heavy (non-hydrogen) atoms. The quantitative estimate of drug-likeness (QED) is 0.352. The van der Waals surface area contributed by atoms with Crippen molar-refractivity contribution in [3.05, 3.63) is 95.1 Å². The first-order chi connectivity index (χ1) is 17.3. The van der Waals surface area contributed by atoms with Gasteiger partial charge in [0.15, 0.2) is 5.82 Å². The molecule has 2 nitrogen and oxygen atoms in total. The van der Waals surface area contributed by atoms with E-state index in [0.717, 1.165) is 11.1 Å². The average molecular weight is 392 g/mol. The summed E-state index contributed by atoms with van der Waals surface area (Å²) >= 11 is 6.61. The molecule has 0 unspecified atom stereocenters. The van der Waals surface area contributed by atoms with E-state index in [2.05, 4.69) is 9.97 Å². The summed E-state index contributed by atoms with van der Waals surface area (Å²) in [6.07, 6.45) is 0. The predicted octanol–water partition coefficient (Wildman–Crippen LogP) is 6.77. The summed E-state index contributed by atoms with van der Waals surface area (Å²) in [6, 6.07) is 2.42. The third-order valence-corrected chi connectivity index (χ3v) is 5.20. The highest BCUT2D eigenvalue weighted by Crippen LogP contribution is 2.50. The second kappa shape index (κ2) is 6.29. The number of hydrogen-bond acceptors (Lipinski definition) is 2. The van der Waals surface area contributed by atoms with Gasteiger partial charge in [0.05, 0.1) is 18.0 Å². The van der Waals surface area contributed by atoms with Crippen molar-refractivity contribution in [2.45, 2.75) is 19.3 Å². The Labute approximate surface area is 182 Å². The van der Waals surface area contributed by atoms with Gasteiger partial charge in [0.25, 0.3) is 0 Å². The summed E-state index contributed by atoms with van der Waals surface area (Å²) in [5, 5.41) is 0.115. The summed E-state index contributed by atoms with van der Waals surface area (Å²) in [7, 11) is 0. The molecular formula is C25H19ClN2. The van der Waals surface area contributed by atoms with Crippen molar-refractivity contribution < 1.29 is 12.3 Å². The molecular weight excluding hydrogens is 364 g/mol. The highest BCUT2D eigenvalue weighted by Gasteiger charge is 2.39. The number of benzene rings is 3. The second-order valence-electron chi connectivity index (χ2n) is 6.98. The fourth-order valence-corrected chi connectivity index (χ4v) is 3.81. The van der Waals surface area contributed by atoms with Crippen LogP contribution in [0.25, 0.3) is 33.6 Å². The molecule has 1 aromatic heterocycles. The smallest absolute Gasteiger partial charge is 0.161 e. The summed E-state index contributed by atoms with van der Waals surface area (Å²) in [6.45, 7) is 3.95. The first-order valence-electron chi connectivity index (χ1n) is 13.2. The van der Waals surface area contributed by atoms with Crippen LogP contribution in [0.1, 0.15) is 37.4 Å². The SMILES string of the molecule is [2H]c1c([2H])c([2H])c(-c2c([2H])c([2H])c(-c3nc(Cl)c4c(n3)C(C)(C)c3ccccc3-4)c([2H])c2[2H])c([2H])c1[2H]. The van der Waals surface area contributed by atoms with Crippen LogP contribution in [-0.2, 0) is 5.41 Å². The topological polar surface area (TPSA) is 25.8 Å². The summed E-state index contributed by atoms with van der Waals surface area (Å²) in [4.78, 5) is 9.02. The van der Waals surface area contributed by atoms with E-state index in [9.17, 15) is 0 Å². The van der Waals surface area contributed by atoms with Gasteiger partial charge < -0.3 is 0 Å². The van der Waals surface area contributed by atoms with Crippen molar-refractivity contribution in [1.82, 2.24) is 9.97 Å². The second-order valence-corrected chi connectivity index (χ2v) is 7.34. The van der Waals surface area contributed by atoms with Crippen LogP contribution in [0.4, 0.5) is 0 Å². The van der Waals surface area contributed by atoms with Gasteiger partial charge in [-0.15, -0.1) is 0 Å². The minimum absolute atomic E-state index is 0.0887. The lowest BCUT2D eigenvalue weighted by molar-refractivity contribution is 0.636. The third-order valence-electron chi connectivity index (χ3n) is 4.93. The van der Waals surface area contributed by atoms with E-state index in [1.165, 1.54) is 0 Å². The van der Waals surface area contributed by atoms with E-state index < -0.39 is 70.9 Å². The maximum absolute atomic E-state index is 8.68. The van der Waals surface area contributed by atoms with Gasteiger partial charge in [-0.3, -0.25) is 0 Å². The fourth-order valence-electron chi connectivity index (χ4n) is 3.53. The van der Waals surface area contributed by atoms with Gasteiger partial charge >= 0.3 is 0 Å². The molecule has 1 aliphatic rings. The zero-order valence-corrected chi connectivity index (χ0v) is 15.8. The van der Waals surface area contributed by atoms with Gasteiger partial charge in [-0.05, 0) is 22.3 Å². The van der Waals surface area contributed by atoms with Gasteiger partial charge in [0, 0.05) is 16.5 Å². The van der Waals surface area contributed by atoms with E-state index in [0.29, 0.717) is 11.3 Å². The largest absolute Gasteiger partial charge is 0.231 e. The molecule has 1 heterocycles. The van der Waals surface area contributed by atoms with Crippen LogP contribution in [0.3, 0.4) is 0 Å². The molecule has 0 atom stereocenters. The Morgan fingerprint density at radius 2 is 1.46 bits per heavy atom. The number of halogens is 1. The number of rotatable bonds is 2. The molecule has 4 aromatic rings. The van der Waals surface area contributed by atoms with Crippen molar-refractivity contribution >= 4 is 11.6 Å². The molecule has 0 bridgehead atoms. The highest BCUT2D eigenvalue weighted by atomic mass is 35.5. The Balaban J connectivity index is 1.79. The number of nitrogens with zero attached hydrogens (tertiary/aromatic N) is 2. The molecule has 136 valence electrons. The fraction of sp³-hybridized carbons (Fsp3) is 0.120. The molecule has 0 amide bonds. The summed E-state index contributed by atoms with van der Waals surface area (Å²) in [5.74, 6) is -0.0887. The minimum Gasteiger partial charge on any atom is -0.231 e. The van der Waals surface area contributed by atoms with Crippen molar-refractivity contribution in [3.8, 4) is 33.6 Å². The van der Waals surface area contributed by atoms with Crippen LogP contribution in [-0.4, -0.2) is 9.97 Å². The minimum atomic E-state index is -0.632. The Bertz CT molecular complexity index is 1610. The number of aromatic nitrogens is 2. The standard InChI is InChI=1S/C25H19ClN2/c1-25(2)20-11-7-6-10-19(20)21-22(25)27-24(28-23(21)26)18-14-12-17(13-15-18)16-8-4-3-5-9-16/h3-15H,1-2H3/i3D,4D,5D,8D,9D,12D,13D,14D,15D. The van der Waals surface area contributed by atoms with Crippen LogP contribution in [0, 0.1) is 0 Å². The zero-order valence-electron chi connectivity index (χ0n) is 24.1. The molecule has 0 saturated heterocycles. The monoisotopic (exact) mass is 391 g/mol. The van der Waals surface area contributed by atoms with Gasteiger partial charge in [-0.25, -0.2) is 9.97 Å². The number of hydrogen-bond donors (Lipinski definition) is 0. The van der Waals surface area contributed by atoms with Gasteiger partial charge in [-0.2, -0.15) is 0 Å². The van der Waals surface area contributed by atoms with Crippen molar-refractivity contribution in [2.75, 3.05) is 0 Å². The summed E-state index contributed by atoms with van der Waals surface area (Å²) in [5.41, 5.74) is 1.58. The van der Waals surface area contributed by atoms with E-state index in [-0.39, 0.29) is 16.5 Å². The Morgan fingerprint density at radius 1 is 0.821 bits per heavy atom. The molecule has 3 heteroatoms. The Hall–Kier alpha value is -2.97. The van der Waals surface area contributed by atoms with Gasteiger partial charge in [0.2, 0.25) is 0 Å².